The fraction of sp³-hybridized carbons (Fsp3) is 0.387. The lowest BCUT2D eigenvalue weighted by atomic mass is 9.82. The number of rotatable bonds is 9. The molecule has 4 aromatic rings. The number of benzene rings is 2. The Kier molecular flexibility index (Phi) is 8.25. The summed E-state index contributed by atoms with van der Waals surface area (Å²) in [6, 6.07) is 16.1. The summed E-state index contributed by atoms with van der Waals surface area (Å²) in [4.78, 5) is 27.2. The highest BCUT2D eigenvalue weighted by Gasteiger charge is 2.28. The molecule has 2 aromatic carbocycles. The first-order chi connectivity index (χ1) is 18.4. The molecule has 0 aliphatic carbocycles. The number of nitrogens with two attached hydrogens (primary N) is 1. The maximum absolute atomic E-state index is 11.5. The van der Waals surface area contributed by atoms with Crippen LogP contribution in [0.4, 0.5) is 4.79 Å². The minimum absolute atomic E-state index is 0.0733. The van der Waals surface area contributed by atoms with E-state index in [1.807, 2.05) is 18.3 Å². The number of nitrogens with one attached hydrogen (secondary N) is 3. The number of carbonyl (C=O) groups is 1. The Morgan fingerprint density at radius 1 is 0.846 bits per heavy atom. The summed E-state index contributed by atoms with van der Waals surface area (Å²) in [7, 11) is 0. The number of amides is 1. The Morgan fingerprint density at radius 2 is 1.28 bits per heavy atom. The molecule has 0 saturated carbocycles. The standard InChI is InChI=1S/C31H40N6O2/c1-18(2)26(32)28-33-16-24(35-28)22-11-7-20(8-12-22)21-9-13-23(14-10-21)25-17-34-29(36-25)27(37-30(38)39)19(3)15-31(4,5)6/h7-14,16-19,26-27,37H,15,32H2,1-6H3,(H,33,35)(H,34,36)(H,38,39)/t19-,26-,27?/m0/s1. The van der Waals surface area contributed by atoms with Crippen LogP contribution < -0.4 is 11.1 Å². The third kappa shape index (κ3) is 6.95. The van der Waals surface area contributed by atoms with E-state index in [0.717, 1.165) is 45.9 Å². The molecule has 8 heteroatoms. The highest BCUT2D eigenvalue weighted by atomic mass is 16.4. The van der Waals surface area contributed by atoms with Crippen LogP contribution in [0, 0.1) is 17.3 Å². The summed E-state index contributed by atoms with van der Waals surface area (Å²) in [5.41, 5.74) is 12.3. The fourth-order valence-corrected chi connectivity index (χ4v) is 4.99. The number of aromatic amines is 2. The van der Waals surface area contributed by atoms with Gasteiger partial charge in [0, 0.05) is 0 Å². The van der Waals surface area contributed by atoms with Gasteiger partial charge in [-0.15, -0.1) is 0 Å². The topological polar surface area (TPSA) is 133 Å². The predicted molar refractivity (Wildman–Crippen MR) is 156 cm³/mol. The highest BCUT2D eigenvalue weighted by molar-refractivity contribution is 5.71. The Balaban J connectivity index is 1.49. The van der Waals surface area contributed by atoms with Gasteiger partial charge in [-0.1, -0.05) is 90.1 Å². The van der Waals surface area contributed by atoms with E-state index >= 15 is 0 Å². The van der Waals surface area contributed by atoms with Crippen molar-refractivity contribution >= 4 is 6.09 Å². The molecule has 0 saturated heterocycles. The zero-order chi connectivity index (χ0) is 28.3. The van der Waals surface area contributed by atoms with Gasteiger partial charge >= 0.3 is 6.09 Å². The normalized spacial score (nSPS) is 14.3. The molecule has 3 atom stereocenters. The first-order valence-corrected chi connectivity index (χ1v) is 13.5. The monoisotopic (exact) mass is 528 g/mol. The van der Waals surface area contributed by atoms with Crippen molar-refractivity contribution in [2.75, 3.05) is 0 Å². The molecular formula is C31H40N6O2. The van der Waals surface area contributed by atoms with Gasteiger partial charge in [-0.25, -0.2) is 14.8 Å². The summed E-state index contributed by atoms with van der Waals surface area (Å²) in [6.07, 6.45) is 3.40. The van der Waals surface area contributed by atoms with Gasteiger partial charge < -0.3 is 26.1 Å². The van der Waals surface area contributed by atoms with Gasteiger partial charge in [-0.3, -0.25) is 0 Å². The molecule has 1 unspecified atom stereocenters. The molecule has 6 N–H and O–H groups in total. The number of H-pyrrole nitrogens is 2. The van der Waals surface area contributed by atoms with Gasteiger partial charge in [0.1, 0.15) is 11.6 Å². The number of hydrogen-bond acceptors (Lipinski definition) is 4. The van der Waals surface area contributed by atoms with Gasteiger partial charge in [0.2, 0.25) is 0 Å². The Morgan fingerprint density at radius 3 is 1.72 bits per heavy atom. The SMILES string of the molecule is CC(C)[C@H](N)c1ncc(-c2ccc(-c3ccc(-c4cnc(C(NC(=O)O)[C@@H](C)CC(C)(C)C)[nH]4)cc3)cc2)[nH]1. The van der Waals surface area contributed by atoms with Crippen LogP contribution >= 0.6 is 0 Å². The molecule has 8 nitrogen and oxygen atoms in total. The molecule has 0 radical (unpaired) electrons. The van der Waals surface area contributed by atoms with Gasteiger partial charge in [-0.05, 0) is 45.9 Å². The quantitative estimate of drug-likeness (QED) is 0.157. The third-order valence-corrected chi connectivity index (χ3v) is 7.03. The third-order valence-electron chi connectivity index (χ3n) is 7.03. The van der Waals surface area contributed by atoms with Crippen LogP contribution in [0.3, 0.4) is 0 Å². The minimum Gasteiger partial charge on any atom is -0.465 e. The summed E-state index contributed by atoms with van der Waals surface area (Å²) in [5, 5.41) is 12.1. The molecule has 206 valence electrons. The van der Waals surface area contributed by atoms with Crippen molar-refractivity contribution in [3.8, 4) is 33.6 Å². The van der Waals surface area contributed by atoms with Crippen LogP contribution in [0.15, 0.2) is 60.9 Å². The average Bonchev–Trinajstić information content (AvgIpc) is 3.56. The van der Waals surface area contributed by atoms with Crippen molar-refractivity contribution in [2.45, 2.75) is 60.0 Å². The number of aromatic nitrogens is 4. The molecule has 39 heavy (non-hydrogen) atoms. The first-order valence-electron chi connectivity index (χ1n) is 13.5. The molecule has 0 spiro atoms. The van der Waals surface area contributed by atoms with Crippen LogP contribution in [0.5, 0.6) is 0 Å². The van der Waals surface area contributed by atoms with Crippen molar-refractivity contribution < 1.29 is 9.90 Å². The van der Waals surface area contributed by atoms with Crippen LogP contribution in [-0.2, 0) is 0 Å². The van der Waals surface area contributed by atoms with Gasteiger partial charge in [-0.2, -0.15) is 0 Å². The molecule has 2 aromatic heterocycles. The largest absolute Gasteiger partial charge is 0.465 e. The van der Waals surface area contributed by atoms with Gasteiger partial charge in [0.25, 0.3) is 0 Å². The van der Waals surface area contributed by atoms with Crippen molar-refractivity contribution in [3.63, 3.8) is 0 Å². The van der Waals surface area contributed by atoms with E-state index in [4.69, 9.17) is 5.73 Å². The highest BCUT2D eigenvalue weighted by Crippen LogP contribution is 2.33. The molecule has 0 fully saturated rings. The lowest BCUT2D eigenvalue weighted by molar-refractivity contribution is 0.177. The second-order valence-electron chi connectivity index (χ2n) is 12.0. The molecule has 0 aliphatic heterocycles. The second-order valence-corrected chi connectivity index (χ2v) is 12.0. The number of imidazole rings is 2. The fourth-order valence-electron chi connectivity index (χ4n) is 4.99. The lowest BCUT2D eigenvalue weighted by Crippen LogP contribution is -2.33. The minimum atomic E-state index is -1.05. The van der Waals surface area contributed by atoms with E-state index in [2.05, 4.69) is 103 Å². The zero-order valence-corrected chi connectivity index (χ0v) is 23.6. The average molecular weight is 529 g/mol. The van der Waals surface area contributed by atoms with Crippen LogP contribution in [-0.4, -0.2) is 31.1 Å². The number of carboxylic acid groups (broad SMARTS) is 1. The van der Waals surface area contributed by atoms with E-state index in [0.29, 0.717) is 11.7 Å². The van der Waals surface area contributed by atoms with E-state index in [1.165, 1.54) is 0 Å². The Bertz CT molecular complexity index is 1380. The molecule has 4 rings (SSSR count). The smallest absolute Gasteiger partial charge is 0.405 e. The van der Waals surface area contributed by atoms with Crippen molar-refractivity contribution in [1.82, 2.24) is 25.3 Å². The first kappa shape index (κ1) is 28.1. The lowest BCUT2D eigenvalue weighted by Gasteiger charge is -2.28. The van der Waals surface area contributed by atoms with E-state index in [1.54, 1.807) is 6.20 Å². The number of hydrogen-bond donors (Lipinski definition) is 5. The molecular weight excluding hydrogens is 488 g/mol. The molecule has 0 aliphatic rings. The molecule has 1 amide bonds. The van der Waals surface area contributed by atoms with Crippen molar-refractivity contribution in [2.24, 2.45) is 23.0 Å². The van der Waals surface area contributed by atoms with Gasteiger partial charge in [0.05, 0.1) is 35.9 Å². The molecule has 2 heterocycles. The zero-order valence-electron chi connectivity index (χ0n) is 23.6. The van der Waals surface area contributed by atoms with E-state index in [-0.39, 0.29) is 17.4 Å². The summed E-state index contributed by atoms with van der Waals surface area (Å²) in [6.45, 7) is 12.7. The van der Waals surface area contributed by atoms with E-state index < -0.39 is 12.1 Å². The summed E-state index contributed by atoms with van der Waals surface area (Å²) in [5.74, 6) is 1.81. The van der Waals surface area contributed by atoms with Crippen molar-refractivity contribution in [1.29, 1.82) is 0 Å². The predicted octanol–water partition coefficient (Wildman–Crippen LogP) is 7.17. The van der Waals surface area contributed by atoms with Crippen LogP contribution in [0.25, 0.3) is 33.6 Å². The number of nitrogens with zero attached hydrogens (tertiary/aromatic N) is 2. The van der Waals surface area contributed by atoms with E-state index in [9.17, 15) is 9.90 Å². The van der Waals surface area contributed by atoms with Gasteiger partial charge in [0.15, 0.2) is 0 Å². The Labute approximate surface area is 230 Å². The molecule has 0 bridgehead atoms. The Hall–Kier alpha value is -3.91. The van der Waals surface area contributed by atoms with Crippen LogP contribution in [0.2, 0.25) is 0 Å². The maximum Gasteiger partial charge on any atom is 0.405 e. The van der Waals surface area contributed by atoms with Crippen LogP contribution in [0.1, 0.15) is 71.7 Å². The maximum atomic E-state index is 11.5. The van der Waals surface area contributed by atoms with Crippen molar-refractivity contribution in [3.05, 3.63) is 72.6 Å². The summed E-state index contributed by atoms with van der Waals surface area (Å²) >= 11 is 0. The summed E-state index contributed by atoms with van der Waals surface area (Å²) < 4.78 is 0. The second kappa shape index (κ2) is 11.5.